The van der Waals surface area contributed by atoms with Crippen molar-refractivity contribution in [2.24, 2.45) is 0 Å². The lowest BCUT2D eigenvalue weighted by molar-refractivity contribution is -0.129. The maximum absolute atomic E-state index is 12.6. The standard InChI is InChI=1S/C23H24N2O3S/c1-15(2)19-10-8-17(9-11-19)12-20-22(27)25(23(28)29-20)14-21(26)24-13-18-6-4-16(3)5-7-18/h4-12,15H,13-14H2,1-3H3,(H,24,26)/b20-12-. The van der Waals surface area contributed by atoms with Gasteiger partial charge in [-0.25, -0.2) is 0 Å². The minimum Gasteiger partial charge on any atom is -0.350 e. The van der Waals surface area contributed by atoms with Crippen molar-refractivity contribution in [2.75, 3.05) is 6.54 Å². The van der Waals surface area contributed by atoms with Crippen molar-refractivity contribution in [1.82, 2.24) is 10.2 Å². The lowest BCUT2D eigenvalue weighted by Gasteiger charge is -2.12. The van der Waals surface area contributed by atoms with Crippen LogP contribution in [0.25, 0.3) is 6.08 Å². The lowest BCUT2D eigenvalue weighted by atomic mass is 10.0. The first-order valence-corrected chi connectivity index (χ1v) is 10.3. The summed E-state index contributed by atoms with van der Waals surface area (Å²) in [4.78, 5) is 38.3. The van der Waals surface area contributed by atoms with E-state index in [0.29, 0.717) is 17.4 Å². The second-order valence-electron chi connectivity index (χ2n) is 7.35. The molecule has 1 saturated heterocycles. The van der Waals surface area contributed by atoms with Gasteiger partial charge < -0.3 is 5.32 Å². The van der Waals surface area contributed by atoms with Crippen LogP contribution in [0.5, 0.6) is 0 Å². The summed E-state index contributed by atoms with van der Waals surface area (Å²) in [7, 11) is 0. The van der Waals surface area contributed by atoms with Gasteiger partial charge >= 0.3 is 0 Å². The highest BCUT2D eigenvalue weighted by atomic mass is 32.2. The van der Waals surface area contributed by atoms with E-state index in [1.165, 1.54) is 5.56 Å². The molecular formula is C23H24N2O3S. The van der Waals surface area contributed by atoms with Crippen LogP contribution >= 0.6 is 11.8 Å². The van der Waals surface area contributed by atoms with Crippen LogP contribution < -0.4 is 5.32 Å². The van der Waals surface area contributed by atoms with Gasteiger partial charge in [0.15, 0.2) is 0 Å². The molecule has 6 heteroatoms. The smallest absolute Gasteiger partial charge is 0.294 e. The van der Waals surface area contributed by atoms with Gasteiger partial charge in [0, 0.05) is 6.54 Å². The molecule has 1 fully saturated rings. The Kier molecular flexibility index (Phi) is 6.54. The predicted molar refractivity (Wildman–Crippen MR) is 116 cm³/mol. The van der Waals surface area contributed by atoms with Crippen molar-refractivity contribution in [3.63, 3.8) is 0 Å². The van der Waals surface area contributed by atoms with Gasteiger partial charge in [-0.05, 0) is 47.4 Å². The van der Waals surface area contributed by atoms with Crippen LogP contribution in [0.2, 0.25) is 0 Å². The molecule has 0 radical (unpaired) electrons. The number of hydrogen-bond acceptors (Lipinski definition) is 4. The molecule has 3 amide bonds. The Morgan fingerprint density at radius 1 is 1.07 bits per heavy atom. The monoisotopic (exact) mass is 408 g/mol. The van der Waals surface area contributed by atoms with E-state index in [1.54, 1.807) is 6.08 Å². The first-order chi connectivity index (χ1) is 13.8. The van der Waals surface area contributed by atoms with Crippen LogP contribution in [0.15, 0.2) is 53.4 Å². The number of hydrogen-bond donors (Lipinski definition) is 1. The zero-order valence-corrected chi connectivity index (χ0v) is 17.6. The number of aryl methyl sites for hydroxylation is 1. The van der Waals surface area contributed by atoms with Crippen molar-refractivity contribution in [2.45, 2.75) is 33.2 Å². The first-order valence-electron chi connectivity index (χ1n) is 9.51. The maximum Gasteiger partial charge on any atom is 0.294 e. The molecule has 0 bridgehead atoms. The van der Waals surface area contributed by atoms with E-state index in [1.807, 2.05) is 55.5 Å². The van der Waals surface area contributed by atoms with E-state index in [-0.39, 0.29) is 12.5 Å². The average Bonchev–Trinajstić information content (AvgIpc) is 2.95. The molecule has 1 aliphatic heterocycles. The summed E-state index contributed by atoms with van der Waals surface area (Å²) in [5.74, 6) is -0.372. The fraction of sp³-hybridized carbons (Fsp3) is 0.261. The Morgan fingerprint density at radius 2 is 1.72 bits per heavy atom. The van der Waals surface area contributed by atoms with Crippen molar-refractivity contribution < 1.29 is 14.4 Å². The van der Waals surface area contributed by atoms with Crippen LogP contribution in [0.3, 0.4) is 0 Å². The Bertz CT molecular complexity index is 947. The molecule has 29 heavy (non-hydrogen) atoms. The highest BCUT2D eigenvalue weighted by molar-refractivity contribution is 8.18. The Balaban J connectivity index is 1.60. The summed E-state index contributed by atoms with van der Waals surface area (Å²) < 4.78 is 0. The van der Waals surface area contributed by atoms with Gasteiger partial charge in [-0.15, -0.1) is 0 Å². The van der Waals surface area contributed by atoms with Gasteiger partial charge in [0.05, 0.1) is 4.91 Å². The molecular weight excluding hydrogens is 384 g/mol. The fourth-order valence-corrected chi connectivity index (χ4v) is 3.71. The molecule has 1 aliphatic rings. The number of nitrogens with zero attached hydrogens (tertiary/aromatic N) is 1. The van der Waals surface area contributed by atoms with Gasteiger partial charge in [-0.2, -0.15) is 0 Å². The number of carbonyl (C=O) groups is 3. The largest absolute Gasteiger partial charge is 0.350 e. The fourth-order valence-electron chi connectivity index (χ4n) is 2.87. The quantitative estimate of drug-likeness (QED) is 0.716. The summed E-state index contributed by atoms with van der Waals surface area (Å²) in [5, 5.41) is 2.33. The summed E-state index contributed by atoms with van der Waals surface area (Å²) in [6.45, 7) is 6.30. The normalized spacial score (nSPS) is 15.4. The Labute approximate surface area is 175 Å². The zero-order valence-electron chi connectivity index (χ0n) is 16.8. The summed E-state index contributed by atoms with van der Waals surface area (Å²) in [5.41, 5.74) is 4.16. The number of amides is 3. The zero-order chi connectivity index (χ0) is 21.0. The average molecular weight is 409 g/mol. The predicted octanol–water partition coefficient (Wildman–Crippen LogP) is 4.47. The number of rotatable bonds is 6. The van der Waals surface area contributed by atoms with Crippen molar-refractivity contribution in [3.05, 3.63) is 75.7 Å². The number of imide groups is 1. The summed E-state index contributed by atoms with van der Waals surface area (Å²) in [6.07, 6.45) is 1.69. The van der Waals surface area contributed by atoms with Crippen molar-refractivity contribution in [1.29, 1.82) is 0 Å². The molecule has 5 nitrogen and oxygen atoms in total. The minimum absolute atomic E-state index is 0.278. The van der Waals surface area contributed by atoms with Gasteiger partial charge in [0.2, 0.25) is 5.91 Å². The molecule has 150 valence electrons. The minimum atomic E-state index is -0.432. The third kappa shape index (κ3) is 5.35. The van der Waals surface area contributed by atoms with E-state index >= 15 is 0 Å². The molecule has 1 heterocycles. The van der Waals surface area contributed by atoms with E-state index < -0.39 is 11.1 Å². The number of thioether (sulfide) groups is 1. The molecule has 0 aliphatic carbocycles. The highest BCUT2D eigenvalue weighted by Gasteiger charge is 2.36. The summed E-state index contributed by atoms with van der Waals surface area (Å²) >= 11 is 0.864. The molecule has 0 atom stereocenters. The maximum atomic E-state index is 12.6. The highest BCUT2D eigenvalue weighted by Crippen LogP contribution is 2.32. The van der Waals surface area contributed by atoms with E-state index in [2.05, 4.69) is 19.2 Å². The Hall–Kier alpha value is -2.86. The van der Waals surface area contributed by atoms with E-state index in [4.69, 9.17) is 0 Å². The number of nitrogens with one attached hydrogen (secondary N) is 1. The first kappa shape index (κ1) is 20.9. The van der Waals surface area contributed by atoms with Crippen LogP contribution in [0.1, 0.15) is 42.0 Å². The third-order valence-corrected chi connectivity index (χ3v) is 5.59. The summed E-state index contributed by atoms with van der Waals surface area (Å²) in [6, 6.07) is 15.7. The Morgan fingerprint density at radius 3 is 2.34 bits per heavy atom. The van der Waals surface area contributed by atoms with Gasteiger partial charge in [0.25, 0.3) is 11.1 Å². The van der Waals surface area contributed by atoms with E-state index in [0.717, 1.165) is 33.4 Å². The van der Waals surface area contributed by atoms with Gasteiger partial charge in [-0.3, -0.25) is 19.3 Å². The van der Waals surface area contributed by atoms with Crippen LogP contribution in [-0.2, 0) is 16.1 Å². The SMILES string of the molecule is Cc1ccc(CNC(=O)CN2C(=O)S/C(=C\c3ccc(C(C)C)cc3)C2=O)cc1. The molecule has 0 spiro atoms. The lowest BCUT2D eigenvalue weighted by Crippen LogP contribution is -2.39. The second-order valence-corrected chi connectivity index (χ2v) is 8.34. The van der Waals surface area contributed by atoms with E-state index in [9.17, 15) is 14.4 Å². The molecule has 0 aromatic heterocycles. The molecule has 0 saturated carbocycles. The van der Waals surface area contributed by atoms with Crippen molar-refractivity contribution >= 4 is 34.9 Å². The van der Waals surface area contributed by atoms with Crippen LogP contribution in [0, 0.1) is 6.92 Å². The van der Waals surface area contributed by atoms with Crippen molar-refractivity contribution in [3.8, 4) is 0 Å². The molecule has 1 N–H and O–H groups in total. The molecule has 3 rings (SSSR count). The number of carbonyl (C=O) groups excluding carboxylic acids is 3. The second kappa shape index (κ2) is 9.09. The molecule has 2 aromatic carbocycles. The third-order valence-electron chi connectivity index (χ3n) is 4.69. The van der Waals surface area contributed by atoms with Crippen LogP contribution in [-0.4, -0.2) is 28.5 Å². The van der Waals surface area contributed by atoms with Gasteiger partial charge in [-0.1, -0.05) is 67.9 Å². The van der Waals surface area contributed by atoms with Gasteiger partial charge in [0.1, 0.15) is 6.54 Å². The molecule has 2 aromatic rings. The number of benzene rings is 2. The van der Waals surface area contributed by atoms with Crippen LogP contribution in [0.4, 0.5) is 4.79 Å². The topological polar surface area (TPSA) is 66.5 Å². The molecule has 0 unspecified atom stereocenters.